The molecule has 0 amide bonds. The molecule has 0 saturated carbocycles. The van der Waals surface area contributed by atoms with E-state index in [0.717, 1.165) is 16.5 Å². The molecule has 2 aromatic carbocycles. The number of methoxy groups -OCH3 is 1. The minimum atomic E-state index is -0.216. The third-order valence-electron chi connectivity index (χ3n) is 3.82. The van der Waals surface area contributed by atoms with Crippen LogP contribution < -0.4 is 10.3 Å². The summed E-state index contributed by atoms with van der Waals surface area (Å²) in [6, 6.07) is 14.5. The van der Waals surface area contributed by atoms with E-state index >= 15 is 0 Å². The van der Waals surface area contributed by atoms with Gasteiger partial charge in [0.15, 0.2) is 5.78 Å². The molecule has 1 heterocycles. The maximum atomic E-state index is 12.2. The minimum absolute atomic E-state index is 0.166. The fourth-order valence-corrected chi connectivity index (χ4v) is 2.47. The van der Waals surface area contributed by atoms with Gasteiger partial charge in [-0.3, -0.25) is 9.59 Å². The van der Waals surface area contributed by atoms with Crippen molar-refractivity contribution >= 4 is 22.8 Å². The monoisotopic (exact) mass is 319 g/mol. The Morgan fingerprint density at radius 1 is 1.08 bits per heavy atom. The van der Waals surface area contributed by atoms with Crippen molar-refractivity contribution in [3.05, 3.63) is 81.7 Å². The number of carbonyl (C=O) groups is 1. The van der Waals surface area contributed by atoms with E-state index in [2.05, 4.69) is 4.98 Å². The summed E-state index contributed by atoms with van der Waals surface area (Å²) in [4.78, 5) is 27.2. The van der Waals surface area contributed by atoms with Crippen molar-refractivity contribution in [2.24, 2.45) is 0 Å². The SMILES string of the molecule is COc1ccc(C(=O)C=Cc2cc3ccc(C)cc3[nH]c2=O)cc1. The lowest BCUT2D eigenvalue weighted by atomic mass is 10.1. The van der Waals surface area contributed by atoms with Gasteiger partial charge in [0.25, 0.3) is 5.56 Å². The molecule has 0 aliphatic rings. The summed E-state index contributed by atoms with van der Waals surface area (Å²) in [6.07, 6.45) is 2.96. The first kappa shape index (κ1) is 15.7. The molecule has 4 nitrogen and oxygen atoms in total. The Labute approximate surface area is 139 Å². The van der Waals surface area contributed by atoms with Crippen LogP contribution in [0.5, 0.6) is 5.75 Å². The number of H-pyrrole nitrogens is 1. The van der Waals surface area contributed by atoms with Gasteiger partial charge in [-0.05, 0) is 66.4 Å². The topological polar surface area (TPSA) is 59.2 Å². The largest absolute Gasteiger partial charge is 0.497 e. The van der Waals surface area contributed by atoms with Gasteiger partial charge < -0.3 is 9.72 Å². The number of hydrogen-bond donors (Lipinski definition) is 1. The van der Waals surface area contributed by atoms with Gasteiger partial charge in [0.2, 0.25) is 0 Å². The molecule has 0 aliphatic carbocycles. The maximum Gasteiger partial charge on any atom is 0.255 e. The van der Waals surface area contributed by atoms with Crippen LogP contribution in [0.2, 0.25) is 0 Å². The molecule has 0 unspecified atom stereocenters. The number of pyridine rings is 1. The summed E-state index contributed by atoms with van der Waals surface area (Å²) in [5.74, 6) is 0.526. The Morgan fingerprint density at radius 2 is 1.83 bits per heavy atom. The number of hydrogen-bond acceptors (Lipinski definition) is 3. The maximum absolute atomic E-state index is 12.2. The molecule has 3 rings (SSSR count). The molecule has 24 heavy (non-hydrogen) atoms. The highest BCUT2D eigenvalue weighted by atomic mass is 16.5. The molecule has 120 valence electrons. The highest BCUT2D eigenvalue weighted by Gasteiger charge is 2.04. The second kappa shape index (κ2) is 6.54. The van der Waals surface area contributed by atoms with Gasteiger partial charge in [-0.2, -0.15) is 0 Å². The molecule has 1 aromatic heterocycles. The Balaban J connectivity index is 1.89. The van der Waals surface area contributed by atoms with Crippen LogP contribution in [0.4, 0.5) is 0 Å². The third-order valence-corrected chi connectivity index (χ3v) is 3.82. The molecule has 0 saturated heterocycles. The number of nitrogens with one attached hydrogen (secondary N) is 1. The number of aromatic amines is 1. The molecular formula is C20H17NO3. The predicted molar refractivity (Wildman–Crippen MR) is 95.7 cm³/mol. The summed E-state index contributed by atoms with van der Waals surface area (Å²) in [5, 5.41) is 0.928. The van der Waals surface area contributed by atoms with Crippen molar-refractivity contribution in [1.29, 1.82) is 0 Å². The number of rotatable bonds is 4. The summed E-state index contributed by atoms with van der Waals surface area (Å²) in [7, 11) is 1.57. The zero-order valence-electron chi connectivity index (χ0n) is 13.5. The second-order valence-corrected chi connectivity index (χ2v) is 5.57. The van der Waals surface area contributed by atoms with Gasteiger partial charge in [-0.1, -0.05) is 12.1 Å². The number of ketones is 1. The number of benzene rings is 2. The molecule has 0 atom stereocenters. The molecule has 3 aromatic rings. The first-order valence-electron chi connectivity index (χ1n) is 7.57. The smallest absolute Gasteiger partial charge is 0.255 e. The van der Waals surface area contributed by atoms with Gasteiger partial charge in [0, 0.05) is 16.6 Å². The zero-order chi connectivity index (χ0) is 17.1. The molecule has 0 radical (unpaired) electrons. The molecule has 0 aliphatic heterocycles. The number of carbonyl (C=O) groups excluding carboxylic acids is 1. The van der Waals surface area contributed by atoms with E-state index in [1.54, 1.807) is 43.5 Å². The van der Waals surface area contributed by atoms with Crippen LogP contribution in [-0.4, -0.2) is 17.9 Å². The molecule has 0 fully saturated rings. The van der Waals surface area contributed by atoms with E-state index in [0.29, 0.717) is 16.9 Å². The van der Waals surface area contributed by atoms with Gasteiger partial charge in [0.05, 0.1) is 7.11 Å². The lowest BCUT2D eigenvalue weighted by molar-refractivity contribution is 0.104. The van der Waals surface area contributed by atoms with Crippen molar-refractivity contribution in [1.82, 2.24) is 4.98 Å². The van der Waals surface area contributed by atoms with Gasteiger partial charge >= 0.3 is 0 Å². The predicted octanol–water partition coefficient (Wildman–Crippen LogP) is 3.74. The Bertz CT molecular complexity index is 982. The van der Waals surface area contributed by atoms with Crippen LogP contribution in [0.15, 0.2) is 59.4 Å². The molecular weight excluding hydrogens is 302 g/mol. The van der Waals surface area contributed by atoms with Crippen molar-refractivity contribution in [3.8, 4) is 5.75 Å². The summed E-state index contributed by atoms with van der Waals surface area (Å²) >= 11 is 0. The molecule has 0 bridgehead atoms. The van der Waals surface area contributed by atoms with E-state index in [9.17, 15) is 9.59 Å². The standard InChI is InChI=1S/C20H17NO3/c1-13-3-4-15-12-16(20(23)21-18(15)11-13)7-10-19(22)14-5-8-17(24-2)9-6-14/h3-12H,1-2H3,(H,21,23). The normalized spacial score (nSPS) is 11.1. The summed E-state index contributed by atoms with van der Waals surface area (Å²) in [6.45, 7) is 1.97. The van der Waals surface area contributed by atoms with Crippen LogP contribution in [0, 0.1) is 6.92 Å². The number of ether oxygens (including phenoxy) is 1. The van der Waals surface area contributed by atoms with Crippen LogP contribution in [0.1, 0.15) is 21.5 Å². The Morgan fingerprint density at radius 3 is 2.54 bits per heavy atom. The molecule has 4 heteroatoms. The Kier molecular flexibility index (Phi) is 4.29. The second-order valence-electron chi connectivity index (χ2n) is 5.57. The van der Waals surface area contributed by atoms with Crippen LogP contribution in [-0.2, 0) is 0 Å². The summed E-state index contributed by atoms with van der Waals surface area (Å²) in [5.41, 5.74) is 2.65. The lowest BCUT2D eigenvalue weighted by Crippen LogP contribution is -2.09. The minimum Gasteiger partial charge on any atom is -0.497 e. The van der Waals surface area contributed by atoms with Crippen molar-refractivity contribution in [3.63, 3.8) is 0 Å². The molecule has 0 spiro atoms. The van der Waals surface area contributed by atoms with Crippen molar-refractivity contribution < 1.29 is 9.53 Å². The fourth-order valence-electron chi connectivity index (χ4n) is 2.47. The van der Waals surface area contributed by atoms with Crippen molar-refractivity contribution in [2.75, 3.05) is 7.11 Å². The van der Waals surface area contributed by atoms with Crippen LogP contribution in [0.25, 0.3) is 17.0 Å². The van der Waals surface area contributed by atoms with E-state index < -0.39 is 0 Å². The summed E-state index contributed by atoms with van der Waals surface area (Å²) < 4.78 is 5.07. The number of aryl methyl sites for hydroxylation is 1. The van der Waals surface area contributed by atoms with Crippen molar-refractivity contribution in [2.45, 2.75) is 6.92 Å². The molecule has 1 N–H and O–H groups in total. The zero-order valence-corrected chi connectivity index (χ0v) is 13.5. The lowest BCUT2D eigenvalue weighted by Gasteiger charge is -2.02. The van der Waals surface area contributed by atoms with E-state index in [1.165, 1.54) is 6.08 Å². The van der Waals surface area contributed by atoms with Gasteiger partial charge in [-0.25, -0.2) is 0 Å². The first-order chi connectivity index (χ1) is 11.6. The average molecular weight is 319 g/mol. The van der Waals surface area contributed by atoms with E-state index in [-0.39, 0.29) is 11.3 Å². The number of allylic oxidation sites excluding steroid dienone is 1. The average Bonchev–Trinajstić information content (AvgIpc) is 2.59. The third kappa shape index (κ3) is 3.27. The first-order valence-corrected chi connectivity index (χ1v) is 7.57. The Hall–Kier alpha value is -3.14. The fraction of sp³-hybridized carbons (Fsp3) is 0.100. The van der Waals surface area contributed by atoms with Crippen LogP contribution >= 0.6 is 0 Å². The quantitative estimate of drug-likeness (QED) is 0.588. The number of aromatic nitrogens is 1. The number of fused-ring (bicyclic) bond motifs is 1. The highest BCUT2D eigenvalue weighted by Crippen LogP contribution is 2.15. The highest BCUT2D eigenvalue weighted by molar-refractivity contribution is 6.07. The van der Waals surface area contributed by atoms with E-state index in [4.69, 9.17) is 4.74 Å². The van der Waals surface area contributed by atoms with Gasteiger partial charge in [-0.15, -0.1) is 0 Å². The van der Waals surface area contributed by atoms with Crippen LogP contribution in [0.3, 0.4) is 0 Å². The van der Waals surface area contributed by atoms with Gasteiger partial charge in [0.1, 0.15) is 5.75 Å². The van der Waals surface area contributed by atoms with E-state index in [1.807, 2.05) is 25.1 Å².